The minimum absolute atomic E-state index is 0.187. The second-order valence-corrected chi connectivity index (χ2v) is 10.3. The number of nitrogens with zero attached hydrogens (tertiary/aromatic N) is 1. The van der Waals surface area contributed by atoms with E-state index in [4.69, 9.17) is 4.74 Å². The Hall–Kier alpha value is -2.67. The molecule has 0 aromatic heterocycles. The molecule has 0 aliphatic carbocycles. The molecular weight excluding hydrogens is 420 g/mol. The molecule has 0 spiro atoms. The lowest BCUT2D eigenvalue weighted by molar-refractivity contribution is -0.929. The van der Waals surface area contributed by atoms with E-state index < -0.39 is 10.0 Å². The number of aryl methyl sites for hydroxylation is 2. The number of benzene rings is 3. The molecule has 0 radical (unpaired) electrons. The van der Waals surface area contributed by atoms with E-state index in [0.29, 0.717) is 29.3 Å². The monoisotopic (exact) mass is 451 g/mol. The predicted molar refractivity (Wildman–Crippen MR) is 127 cm³/mol. The smallest absolute Gasteiger partial charge is 0.243 e. The first-order valence-corrected chi connectivity index (χ1v) is 12.5. The molecule has 0 amide bonds. The van der Waals surface area contributed by atoms with Crippen molar-refractivity contribution in [2.75, 3.05) is 33.3 Å². The van der Waals surface area contributed by atoms with Gasteiger partial charge in [-0.15, -0.1) is 0 Å². The van der Waals surface area contributed by atoms with Gasteiger partial charge in [-0.1, -0.05) is 60.7 Å². The maximum atomic E-state index is 13.5. The summed E-state index contributed by atoms with van der Waals surface area (Å²) in [6.45, 7) is 6.21. The summed E-state index contributed by atoms with van der Waals surface area (Å²) < 4.78 is 33.9. The van der Waals surface area contributed by atoms with Crippen LogP contribution < -0.4 is 9.64 Å². The quantitative estimate of drug-likeness (QED) is 0.627. The van der Waals surface area contributed by atoms with Crippen molar-refractivity contribution in [2.24, 2.45) is 0 Å². The van der Waals surface area contributed by atoms with E-state index in [0.717, 1.165) is 18.7 Å². The predicted octanol–water partition coefficient (Wildman–Crippen LogP) is 2.99. The molecule has 1 fully saturated rings. The molecule has 1 saturated heterocycles. The maximum Gasteiger partial charge on any atom is 0.243 e. The summed E-state index contributed by atoms with van der Waals surface area (Å²) in [7, 11) is -1.95. The average Bonchev–Trinajstić information content (AvgIpc) is 2.82. The minimum Gasteiger partial charge on any atom is -0.496 e. The fourth-order valence-electron chi connectivity index (χ4n) is 4.66. The highest BCUT2D eigenvalue weighted by molar-refractivity contribution is 7.89. The second-order valence-electron chi connectivity index (χ2n) is 8.40. The number of hydrogen-bond donors (Lipinski definition) is 1. The third kappa shape index (κ3) is 4.44. The van der Waals surface area contributed by atoms with Gasteiger partial charge in [-0.05, 0) is 37.1 Å². The number of hydrogen-bond acceptors (Lipinski definition) is 3. The van der Waals surface area contributed by atoms with Crippen molar-refractivity contribution < 1.29 is 18.1 Å². The highest BCUT2D eigenvalue weighted by atomic mass is 32.2. The number of piperazine rings is 1. The molecule has 0 atom stereocenters. The van der Waals surface area contributed by atoms with Crippen LogP contribution in [0.25, 0.3) is 0 Å². The number of sulfonamides is 1. The molecule has 0 unspecified atom stereocenters. The highest BCUT2D eigenvalue weighted by Crippen LogP contribution is 2.28. The molecule has 1 aliphatic rings. The van der Waals surface area contributed by atoms with Crippen LogP contribution in [-0.2, 0) is 10.0 Å². The van der Waals surface area contributed by atoms with Crippen LogP contribution in [0.5, 0.6) is 5.75 Å². The Morgan fingerprint density at radius 1 is 0.844 bits per heavy atom. The molecule has 3 aromatic carbocycles. The van der Waals surface area contributed by atoms with E-state index in [9.17, 15) is 8.42 Å². The lowest BCUT2D eigenvalue weighted by Gasteiger charge is -2.36. The van der Waals surface area contributed by atoms with Crippen LogP contribution in [0.1, 0.15) is 28.3 Å². The summed E-state index contributed by atoms with van der Waals surface area (Å²) in [5, 5.41) is 0. The van der Waals surface area contributed by atoms with Crippen molar-refractivity contribution in [3.05, 3.63) is 95.1 Å². The first-order chi connectivity index (χ1) is 15.4. The standard InChI is InChI=1S/C26H30N2O3S/c1-20-19-25(21(2)18-24(20)31-3)32(29,30)28-16-14-27(15-17-28)26(22-10-6-4-7-11-22)23-12-8-5-9-13-23/h4-13,18-19,26H,14-17H2,1-3H3/p+1. The number of rotatable bonds is 6. The molecular formula is C26H31N2O3S+. The number of quaternary nitrogens is 1. The normalized spacial score (nSPS) is 15.8. The van der Waals surface area contributed by atoms with Crippen LogP contribution in [0, 0.1) is 13.8 Å². The van der Waals surface area contributed by atoms with Crippen LogP contribution >= 0.6 is 0 Å². The molecule has 5 nitrogen and oxygen atoms in total. The van der Waals surface area contributed by atoms with Gasteiger partial charge in [0.05, 0.1) is 38.2 Å². The second kappa shape index (κ2) is 9.45. The number of ether oxygens (including phenoxy) is 1. The van der Waals surface area contributed by atoms with Crippen molar-refractivity contribution in [1.82, 2.24) is 4.31 Å². The van der Waals surface area contributed by atoms with Crippen molar-refractivity contribution in [3.63, 3.8) is 0 Å². The fraction of sp³-hybridized carbons (Fsp3) is 0.308. The van der Waals surface area contributed by atoms with Crippen LogP contribution in [0.4, 0.5) is 0 Å². The van der Waals surface area contributed by atoms with Crippen molar-refractivity contribution in [2.45, 2.75) is 24.8 Å². The largest absolute Gasteiger partial charge is 0.496 e. The van der Waals surface area contributed by atoms with E-state index in [1.165, 1.54) is 16.0 Å². The molecule has 1 heterocycles. The summed E-state index contributed by atoms with van der Waals surface area (Å²) >= 11 is 0. The Bertz CT molecular complexity index is 1120. The third-order valence-electron chi connectivity index (χ3n) is 6.35. The highest BCUT2D eigenvalue weighted by Gasteiger charge is 2.35. The first-order valence-electron chi connectivity index (χ1n) is 11.0. The van der Waals surface area contributed by atoms with Gasteiger partial charge in [0.1, 0.15) is 11.8 Å². The molecule has 4 rings (SSSR count). The Morgan fingerprint density at radius 2 is 1.38 bits per heavy atom. The number of methoxy groups -OCH3 is 1. The Morgan fingerprint density at radius 3 is 1.88 bits per heavy atom. The third-order valence-corrected chi connectivity index (χ3v) is 8.39. The van der Waals surface area contributed by atoms with Gasteiger partial charge in [0.15, 0.2) is 0 Å². The SMILES string of the molecule is COc1cc(C)c(S(=O)(=O)N2CC[NH+](C(c3ccccc3)c3ccccc3)CC2)cc1C. The molecule has 32 heavy (non-hydrogen) atoms. The van der Waals surface area contributed by atoms with Gasteiger partial charge in [-0.2, -0.15) is 4.31 Å². The summed E-state index contributed by atoms with van der Waals surface area (Å²) in [6, 6.07) is 24.7. The summed E-state index contributed by atoms with van der Waals surface area (Å²) in [4.78, 5) is 1.76. The Kier molecular flexibility index (Phi) is 6.65. The Balaban J connectivity index is 1.57. The molecule has 6 heteroatoms. The van der Waals surface area contributed by atoms with Crippen molar-refractivity contribution in [1.29, 1.82) is 0 Å². The van der Waals surface area contributed by atoms with Gasteiger partial charge in [0, 0.05) is 11.1 Å². The zero-order valence-corrected chi connectivity index (χ0v) is 19.7. The Labute approximate surface area is 191 Å². The molecule has 3 aromatic rings. The summed E-state index contributed by atoms with van der Waals surface area (Å²) in [5.74, 6) is 0.712. The molecule has 0 saturated carbocycles. The van der Waals surface area contributed by atoms with Crippen LogP contribution in [0.2, 0.25) is 0 Å². The van der Waals surface area contributed by atoms with E-state index in [1.54, 1.807) is 17.5 Å². The van der Waals surface area contributed by atoms with Gasteiger partial charge >= 0.3 is 0 Å². The van der Waals surface area contributed by atoms with E-state index in [-0.39, 0.29) is 6.04 Å². The zero-order valence-electron chi connectivity index (χ0n) is 18.9. The van der Waals surface area contributed by atoms with Gasteiger partial charge < -0.3 is 9.64 Å². The average molecular weight is 452 g/mol. The maximum absolute atomic E-state index is 13.5. The van der Waals surface area contributed by atoms with E-state index in [1.807, 2.05) is 32.0 Å². The van der Waals surface area contributed by atoms with E-state index in [2.05, 4.69) is 48.5 Å². The van der Waals surface area contributed by atoms with Crippen LogP contribution in [-0.4, -0.2) is 46.0 Å². The lowest BCUT2D eigenvalue weighted by Crippen LogP contribution is -3.15. The van der Waals surface area contributed by atoms with Gasteiger partial charge in [0.2, 0.25) is 10.0 Å². The first kappa shape index (κ1) is 22.5. The minimum atomic E-state index is -3.55. The summed E-state index contributed by atoms with van der Waals surface area (Å²) in [5.41, 5.74) is 4.06. The lowest BCUT2D eigenvalue weighted by atomic mass is 9.96. The van der Waals surface area contributed by atoms with Crippen LogP contribution in [0.3, 0.4) is 0 Å². The molecule has 1 N–H and O–H groups in total. The molecule has 0 bridgehead atoms. The van der Waals surface area contributed by atoms with Crippen molar-refractivity contribution >= 4 is 10.0 Å². The van der Waals surface area contributed by atoms with Gasteiger partial charge in [0.25, 0.3) is 0 Å². The molecule has 1 aliphatic heterocycles. The fourth-order valence-corrected chi connectivity index (χ4v) is 6.39. The van der Waals surface area contributed by atoms with Gasteiger partial charge in [-0.25, -0.2) is 8.42 Å². The number of nitrogens with one attached hydrogen (secondary N) is 1. The molecule has 168 valence electrons. The zero-order chi connectivity index (χ0) is 22.7. The topological polar surface area (TPSA) is 51.1 Å². The summed E-state index contributed by atoms with van der Waals surface area (Å²) in [6.07, 6.45) is 0. The van der Waals surface area contributed by atoms with E-state index >= 15 is 0 Å². The van der Waals surface area contributed by atoms with Crippen molar-refractivity contribution in [3.8, 4) is 5.75 Å². The van der Waals surface area contributed by atoms with Crippen LogP contribution in [0.15, 0.2) is 77.7 Å². The van der Waals surface area contributed by atoms with Gasteiger partial charge in [-0.3, -0.25) is 0 Å².